The second-order valence-electron chi connectivity index (χ2n) is 12.7. The topological polar surface area (TPSA) is 0 Å². The van der Waals surface area contributed by atoms with E-state index < -0.39 is 8.80 Å². The first-order chi connectivity index (χ1) is 18.6. The molecular formula is C38H40Cl2SiZr. The Morgan fingerprint density at radius 3 is 1.69 bits per heavy atom. The normalized spacial score (nSPS) is 12.7. The Labute approximate surface area is 287 Å². The number of hydrogen-bond donors (Lipinski definition) is 0. The van der Waals surface area contributed by atoms with Crippen molar-refractivity contribution in [2.45, 2.75) is 65.2 Å². The maximum absolute atomic E-state index is 2.99. The standard InChI is InChI=1S/C33H35Si.C5H5.2ClH.Zr/c1-32(2,3)24-17-18-27-23(21-24)22-29-28(27)19-20-30(33(4,5)6)31(29)34(25-13-9-7-10-14-25)26-15-11-8-12-16-26;1-2-4-5-3-1;;;/h7-21H,22H2,1-6H3;1-3H,4H2;2*1H;/q;-1;;;+3/p-2. The van der Waals surface area contributed by atoms with E-state index in [4.69, 9.17) is 0 Å². The summed E-state index contributed by atoms with van der Waals surface area (Å²) in [6.45, 7) is 14.0. The molecule has 0 spiro atoms. The van der Waals surface area contributed by atoms with Gasteiger partial charge < -0.3 is 24.8 Å². The van der Waals surface area contributed by atoms with Gasteiger partial charge in [-0.1, -0.05) is 143 Å². The van der Waals surface area contributed by atoms with Gasteiger partial charge in [0.15, 0.2) is 8.80 Å². The molecule has 0 saturated heterocycles. The fraction of sp³-hybridized carbons (Fsp3) is 0.263. The molecule has 0 heterocycles. The molecule has 0 aliphatic heterocycles. The van der Waals surface area contributed by atoms with Crippen LogP contribution >= 0.6 is 0 Å². The van der Waals surface area contributed by atoms with Crippen molar-refractivity contribution in [1.29, 1.82) is 0 Å². The predicted molar refractivity (Wildman–Crippen MR) is 171 cm³/mol. The first-order valence-corrected chi connectivity index (χ1v) is 15.6. The average Bonchev–Trinajstić information content (AvgIpc) is 3.61. The molecule has 0 fully saturated rings. The van der Waals surface area contributed by atoms with Crippen LogP contribution in [0.25, 0.3) is 11.1 Å². The first kappa shape index (κ1) is 36.2. The van der Waals surface area contributed by atoms with Crippen LogP contribution in [0.5, 0.6) is 0 Å². The van der Waals surface area contributed by atoms with Gasteiger partial charge in [0.1, 0.15) is 0 Å². The van der Waals surface area contributed by atoms with Gasteiger partial charge in [-0.15, -0.1) is 6.42 Å². The van der Waals surface area contributed by atoms with Crippen LogP contribution in [0.4, 0.5) is 0 Å². The number of fused-ring (bicyclic) bond motifs is 3. The van der Waals surface area contributed by atoms with Gasteiger partial charge in [0.05, 0.1) is 0 Å². The summed E-state index contributed by atoms with van der Waals surface area (Å²) in [4.78, 5) is 0. The first-order valence-electron chi connectivity index (χ1n) is 14.1. The van der Waals surface area contributed by atoms with Crippen molar-refractivity contribution in [3.05, 3.63) is 138 Å². The average molecular weight is 687 g/mol. The van der Waals surface area contributed by atoms with E-state index in [1.807, 2.05) is 12.2 Å². The maximum Gasteiger partial charge on any atom is 3.00 e. The zero-order chi connectivity index (χ0) is 27.6. The van der Waals surface area contributed by atoms with Gasteiger partial charge in [-0.3, -0.25) is 6.08 Å². The molecule has 0 nitrogen and oxygen atoms in total. The minimum atomic E-state index is -1.17. The van der Waals surface area contributed by atoms with Crippen LogP contribution in [0.2, 0.25) is 0 Å². The maximum atomic E-state index is 2.99. The second kappa shape index (κ2) is 15.2. The van der Waals surface area contributed by atoms with E-state index in [0.717, 1.165) is 12.8 Å². The molecule has 2 aliphatic rings. The van der Waals surface area contributed by atoms with Crippen molar-refractivity contribution in [3.63, 3.8) is 0 Å². The summed E-state index contributed by atoms with van der Waals surface area (Å²) < 4.78 is 0. The Balaban J connectivity index is 0.000000700. The molecule has 0 N–H and O–H groups in total. The smallest absolute Gasteiger partial charge is 1.00 e. The van der Waals surface area contributed by atoms with Crippen LogP contribution in [-0.4, -0.2) is 8.80 Å². The van der Waals surface area contributed by atoms with E-state index in [2.05, 4.69) is 145 Å². The largest absolute Gasteiger partial charge is 3.00 e. The third-order valence-corrected chi connectivity index (χ3v) is 10.6. The zero-order valence-electron chi connectivity index (χ0n) is 25.6. The monoisotopic (exact) mass is 684 g/mol. The minimum Gasteiger partial charge on any atom is -1.00 e. The Bertz CT molecular complexity index is 1460. The zero-order valence-corrected chi connectivity index (χ0v) is 30.5. The van der Waals surface area contributed by atoms with E-state index in [1.165, 1.54) is 38.2 Å². The molecule has 42 heavy (non-hydrogen) atoms. The van der Waals surface area contributed by atoms with Crippen molar-refractivity contribution in [3.8, 4) is 11.1 Å². The van der Waals surface area contributed by atoms with Gasteiger partial charge >= 0.3 is 26.2 Å². The molecule has 2 aliphatic carbocycles. The molecule has 4 heteroatoms. The van der Waals surface area contributed by atoms with Crippen LogP contribution in [0.3, 0.4) is 0 Å². The summed E-state index contributed by atoms with van der Waals surface area (Å²) >= 11 is 0. The molecule has 0 amide bonds. The van der Waals surface area contributed by atoms with Gasteiger partial charge in [-0.05, 0) is 55.8 Å². The molecule has 0 atom stereocenters. The molecule has 0 aromatic heterocycles. The molecule has 4 aromatic rings. The summed E-state index contributed by atoms with van der Waals surface area (Å²) in [5.41, 5.74) is 9.05. The molecular weight excluding hydrogens is 647 g/mol. The Kier molecular flexibility index (Phi) is 13.1. The van der Waals surface area contributed by atoms with Gasteiger partial charge in [0, 0.05) is 0 Å². The van der Waals surface area contributed by atoms with Crippen molar-refractivity contribution < 1.29 is 51.0 Å². The van der Waals surface area contributed by atoms with Crippen LogP contribution in [0.15, 0.2) is 109 Å². The van der Waals surface area contributed by atoms with Crippen molar-refractivity contribution in [2.24, 2.45) is 0 Å². The van der Waals surface area contributed by atoms with Crippen LogP contribution in [0, 0.1) is 6.08 Å². The van der Waals surface area contributed by atoms with Crippen molar-refractivity contribution in [2.75, 3.05) is 0 Å². The Morgan fingerprint density at radius 2 is 1.24 bits per heavy atom. The van der Waals surface area contributed by atoms with E-state index in [9.17, 15) is 0 Å². The summed E-state index contributed by atoms with van der Waals surface area (Å²) in [5.74, 6) is 0. The molecule has 4 aromatic carbocycles. The van der Waals surface area contributed by atoms with Gasteiger partial charge in [-0.25, -0.2) is 12.2 Å². The third-order valence-electron chi connectivity index (χ3n) is 7.71. The van der Waals surface area contributed by atoms with Gasteiger partial charge in [0.25, 0.3) is 0 Å². The number of rotatable bonds is 3. The van der Waals surface area contributed by atoms with E-state index in [0.29, 0.717) is 0 Å². The number of benzene rings is 4. The van der Waals surface area contributed by atoms with E-state index in [-0.39, 0.29) is 61.8 Å². The molecule has 0 unspecified atom stereocenters. The van der Waals surface area contributed by atoms with Crippen LogP contribution in [-0.2, 0) is 43.5 Å². The Hall–Kier alpha value is -1.96. The molecule has 214 valence electrons. The number of allylic oxidation sites excluding steroid dienone is 4. The molecule has 0 bridgehead atoms. The second-order valence-corrected chi connectivity index (χ2v) is 15.1. The van der Waals surface area contributed by atoms with Crippen molar-refractivity contribution >= 4 is 24.4 Å². The number of hydrogen-bond acceptors (Lipinski definition) is 0. The summed E-state index contributed by atoms with van der Waals surface area (Å²) in [6.07, 6.45) is 11.0. The van der Waals surface area contributed by atoms with Gasteiger partial charge in [0.2, 0.25) is 0 Å². The van der Waals surface area contributed by atoms with Crippen LogP contribution < -0.4 is 40.4 Å². The van der Waals surface area contributed by atoms with E-state index in [1.54, 1.807) is 10.8 Å². The summed E-state index contributed by atoms with van der Waals surface area (Å²) in [6, 6.07) is 34.4. The van der Waals surface area contributed by atoms with E-state index >= 15 is 0 Å². The fourth-order valence-electron chi connectivity index (χ4n) is 5.66. The summed E-state index contributed by atoms with van der Waals surface area (Å²) in [7, 11) is -1.17. The predicted octanol–water partition coefficient (Wildman–Crippen LogP) is 1.68. The molecule has 6 rings (SSSR count). The minimum absolute atomic E-state index is 0. The van der Waals surface area contributed by atoms with Crippen LogP contribution in [0.1, 0.15) is 70.2 Å². The quantitative estimate of drug-likeness (QED) is 0.154. The summed E-state index contributed by atoms with van der Waals surface area (Å²) in [5, 5.41) is 4.52. The van der Waals surface area contributed by atoms with Gasteiger partial charge in [-0.2, -0.15) is 6.08 Å². The third kappa shape index (κ3) is 7.95. The SMILES string of the molecule is CC(C)(C)c1ccc2c(c1)Cc1c-2ccc(C(C)(C)C)c1[Si](c1ccccc1)c1ccccc1.[C-]1=CC=CC1.[Cl-].[Cl-].[Zr+3]. The fourth-order valence-corrected chi connectivity index (χ4v) is 8.87. The molecule has 2 radical (unpaired) electrons. The Morgan fingerprint density at radius 1 is 0.667 bits per heavy atom. The number of halogens is 2. The molecule has 0 saturated carbocycles. The van der Waals surface area contributed by atoms with Crippen molar-refractivity contribution in [1.82, 2.24) is 0 Å².